The van der Waals surface area contributed by atoms with E-state index in [9.17, 15) is 13.2 Å². The van der Waals surface area contributed by atoms with Gasteiger partial charge in [-0.15, -0.1) is 0 Å². The van der Waals surface area contributed by atoms with E-state index in [0.717, 1.165) is 12.1 Å². The molecular weight excluding hydrogens is 214 g/mol. The van der Waals surface area contributed by atoms with E-state index in [1.54, 1.807) is 0 Å². The highest BCUT2D eigenvalue weighted by Gasteiger charge is 2.32. The highest BCUT2D eigenvalue weighted by molar-refractivity contribution is 6.41. The molecule has 0 fully saturated rings. The predicted molar refractivity (Wildman–Crippen MR) is 39.3 cm³/mol. The molecular formula is C6H2Cl2F3N. The van der Waals surface area contributed by atoms with Crippen molar-refractivity contribution in [1.82, 2.24) is 4.98 Å². The molecule has 1 heterocycles. The van der Waals surface area contributed by atoms with Crippen molar-refractivity contribution in [3.63, 3.8) is 0 Å². The fraction of sp³-hybridized carbons (Fsp3) is 0.167. The van der Waals surface area contributed by atoms with Gasteiger partial charge >= 0.3 is 6.18 Å². The van der Waals surface area contributed by atoms with Crippen LogP contribution in [0, 0.1) is 0 Å². The summed E-state index contributed by atoms with van der Waals surface area (Å²) < 4.78 is 35.8. The van der Waals surface area contributed by atoms with E-state index >= 15 is 0 Å². The van der Waals surface area contributed by atoms with E-state index in [0.29, 0.717) is 0 Å². The lowest BCUT2D eigenvalue weighted by atomic mass is 10.3. The Hall–Kier alpha value is -0.480. The summed E-state index contributed by atoms with van der Waals surface area (Å²) in [7, 11) is 0. The number of aromatic nitrogens is 1. The quantitative estimate of drug-likeness (QED) is 0.605. The van der Waals surface area contributed by atoms with Gasteiger partial charge in [-0.25, -0.2) is 4.98 Å². The fourth-order valence-electron chi connectivity index (χ4n) is 0.575. The molecule has 1 nitrogen and oxygen atoms in total. The lowest BCUT2D eigenvalue weighted by molar-refractivity contribution is -0.141. The van der Waals surface area contributed by atoms with Gasteiger partial charge in [-0.1, -0.05) is 23.2 Å². The molecule has 0 aliphatic carbocycles. The second-order valence-electron chi connectivity index (χ2n) is 1.97. The average molecular weight is 216 g/mol. The molecule has 1 aromatic heterocycles. The van der Waals surface area contributed by atoms with Gasteiger partial charge in [0.05, 0.1) is 5.02 Å². The summed E-state index contributed by atoms with van der Waals surface area (Å²) in [5, 5.41) is -0.337. The predicted octanol–water partition coefficient (Wildman–Crippen LogP) is 3.41. The summed E-state index contributed by atoms with van der Waals surface area (Å²) in [6.07, 6.45) is -4.48. The summed E-state index contributed by atoms with van der Waals surface area (Å²) in [5.74, 6) is 0. The van der Waals surface area contributed by atoms with Crippen LogP contribution in [0.4, 0.5) is 13.2 Å². The van der Waals surface area contributed by atoms with Crippen molar-refractivity contribution >= 4 is 23.2 Å². The number of halogens is 5. The molecule has 0 aliphatic rings. The monoisotopic (exact) mass is 215 g/mol. The van der Waals surface area contributed by atoms with Crippen molar-refractivity contribution in [2.45, 2.75) is 6.18 Å². The number of pyridine rings is 1. The van der Waals surface area contributed by atoms with Crippen LogP contribution in [0.15, 0.2) is 12.1 Å². The molecule has 1 rings (SSSR count). The van der Waals surface area contributed by atoms with Crippen molar-refractivity contribution in [2.24, 2.45) is 0 Å². The van der Waals surface area contributed by atoms with Crippen molar-refractivity contribution in [2.75, 3.05) is 0 Å². The maximum atomic E-state index is 11.9. The van der Waals surface area contributed by atoms with Gasteiger partial charge in [-0.05, 0) is 12.1 Å². The van der Waals surface area contributed by atoms with E-state index in [2.05, 4.69) is 4.98 Å². The Morgan fingerprint density at radius 1 is 1.17 bits per heavy atom. The summed E-state index contributed by atoms with van der Waals surface area (Å²) in [4.78, 5) is 3.05. The molecule has 0 unspecified atom stereocenters. The van der Waals surface area contributed by atoms with Crippen LogP contribution in [-0.2, 0) is 6.18 Å². The molecule has 0 bridgehead atoms. The molecule has 12 heavy (non-hydrogen) atoms. The third-order valence-corrected chi connectivity index (χ3v) is 1.78. The molecule has 0 saturated heterocycles. The minimum absolute atomic E-state index is 0.00432. The Bertz CT molecular complexity index is 297. The molecule has 0 N–H and O–H groups in total. The molecule has 66 valence electrons. The molecule has 0 atom stereocenters. The number of nitrogens with zero attached hydrogens (tertiary/aromatic N) is 1. The van der Waals surface area contributed by atoms with Crippen LogP contribution in [0.2, 0.25) is 10.2 Å². The van der Waals surface area contributed by atoms with Crippen molar-refractivity contribution in [3.05, 3.63) is 28.0 Å². The molecule has 1 aromatic rings. The average Bonchev–Trinajstić information content (AvgIpc) is 1.92. The second kappa shape index (κ2) is 3.11. The first-order valence-electron chi connectivity index (χ1n) is 2.80. The normalized spacial score (nSPS) is 11.8. The molecule has 0 saturated carbocycles. The van der Waals surface area contributed by atoms with Gasteiger partial charge < -0.3 is 0 Å². The van der Waals surface area contributed by atoms with Crippen molar-refractivity contribution < 1.29 is 13.2 Å². The van der Waals surface area contributed by atoms with Crippen LogP contribution < -0.4 is 0 Å². The molecule has 0 amide bonds. The van der Waals surface area contributed by atoms with E-state index in [1.165, 1.54) is 0 Å². The summed E-state index contributed by atoms with van der Waals surface area (Å²) in [6.45, 7) is 0. The molecule has 6 heteroatoms. The molecule has 0 aliphatic heterocycles. The number of hydrogen-bond donors (Lipinski definition) is 0. The van der Waals surface area contributed by atoms with Gasteiger partial charge in [0.2, 0.25) is 0 Å². The van der Waals surface area contributed by atoms with E-state index in [-0.39, 0.29) is 10.2 Å². The topological polar surface area (TPSA) is 12.9 Å². The first kappa shape index (κ1) is 9.61. The Balaban J connectivity index is 3.14. The Morgan fingerprint density at radius 2 is 1.75 bits per heavy atom. The number of hydrogen-bond acceptors (Lipinski definition) is 1. The zero-order valence-corrected chi connectivity index (χ0v) is 7.00. The van der Waals surface area contributed by atoms with E-state index in [4.69, 9.17) is 23.2 Å². The number of rotatable bonds is 0. The zero-order valence-electron chi connectivity index (χ0n) is 5.49. The minimum atomic E-state index is -4.48. The van der Waals surface area contributed by atoms with Gasteiger partial charge in [0.1, 0.15) is 10.8 Å². The first-order chi connectivity index (χ1) is 5.41. The van der Waals surface area contributed by atoms with Gasteiger partial charge in [-0.2, -0.15) is 13.2 Å². The van der Waals surface area contributed by atoms with Gasteiger partial charge in [-0.3, -0.25) is 0 Å². The lowest BCUT2D eigenvalue weighted by Gasteiger charge is -2.05. The third kappa shape index (κ3) is 2.01. The van der Waals surface area contributed by atoms with Crippen LogP contribution in [0.1, 0.15) is 5.69 Å². The van der Waals surface area contributed by atoms with Crippen LogP contribution in [-0.4, -0.2) is 4.98 Å². The summed E-state index contributed by atoms with van der Waals surface area (Å²) in [6, 6.07) is 1.83. The maximum Gasteiger partial charge on any atom is 0.433 e. The lowest BCUT2D eigenvalue weighted by Crippen LogP contribution is -2.07. The maximum absolute atomic E-state index is 11.9. The SMILES string of the molecule is FC(F)(F)c1ccc(Cl)c(Cl)n1. The highest BCUT2D eigenvalue weighted by atomic mass is 35.5. The molecule has 0 radical (unpaired) electrons. The minimum Gasteiger partial charge on any atom is -0.230 e. The van der Waals surface area contributed by atoms with Gasteiger partial charge in [0, 0.05) is 0 Å². The third-order valence-electron chi connectivity index (χ3n) is 1.09. The number of alkyl halides is 3. The van der Waals surface area contributed by atoms with Gasteiger partial charge in [0.15, 0.2) is 0 Å². The Labute approximate surface area is 76.1 Å². The van der Waals surface area contributed by atoms with Crippen LogP contribution in [0.5, 0.6) is 0 Å². The standard InChI is InChI=1S/C6H2Cl2F3N/c7-3-1-2-4(6(9,10)11)12-5(3)8/h1-2H. The smallest absolute Gasteiger partial charge is 0.230 e. The molecule has 0 spiro atoms. The van der Waals surface area contributed by atoms with Crippen LogP contribution >= 0.6 is 23.2 Å². The largest absolute Gasteiger partial charge is 0.433 e. The van der Waals surface area contributed by atoms with Crippen molar-refractivity contribution in [1.29, 1.82) is 0 Å². The Morgan fingerprint density at radius 3 is 2.17 bits per heavy atom. The molecule has 0 aromatic carbocycles. The van der Waals surface area contributed by atoms with Crippen molar-refractivity contribution in [3.8, 4) is 0 Å². The highest BCUT2D eigenvalue weighted by Crippen LogP contribution is 2.30. The van der Waals surface area contributed by atoms with E-state index < -0.39 is 11.9 Å². The van der Waals surface area contributed by atoms with Gasteiger partial charge in [0.25, 0.3) is 0 Å². The van der Waals surface area contributed by atoms with Crippen LogP contribution in [0.3, 0.4) is 0 Å². The summed E-state index contributed by atoms with van der Waals surface area (Å²) in [5.41, 5.74) is -1.04. The van der Waals surface area contributed by atoms with E-state index in [1.807, 2.05) is 0 Å². The van der Waals surface area contributed by atoms with Crippen LogP contribution in [0.25, 0.3) is 0 Å². The first-order valence-corrected chi connectivity index (χ1v) is 3.56. The zero-order chi connectivity index (χ0) is 9.35. The Kier molecular flexibility index (Phi) is 2.49. The second-order valence-corrected chi connectivity index (χ2v) is 2.73. The summed E-state index contributed by atoms with van der Waals surface area (Å²) >= 11 is 10.6. The fourth-order valence-corrected chi connectivity index (χ4v) is 0.834.